The predicted molar refractivity (Wildman–Crippen MR) is 85.1 cm³/mol. The summed E-state index contributed by atoms with van der Waals surface area (Å²) < 4.78 is 22.1. The number of sulfone groups is 1. The highest BCUT2D eigenvalue weighted by Crippen LogP contribution is 2.07. The Balaban J connectivity index is 2.37. The molecule has 0 bridgehead atoms. The van der Waals surface area contributed by atoms with Gasteiger partial charge >= 0.3 is 0 Å². The Hall–Kier alpha value is -1.40. The van der Waals surface area contributed by atoms with Crippen LogP contribution in [-0.4, -0.2) is 51.9 Å². The Morgan fingerprint density at radius 3 is 2.33 bits per heavy atom. The lowest BCUT2D eigenvalue weighted by atomic mass is 10.1. The van der Waals surface area contributed by atoms with Gasteiger partial charge in [0.15, 0.2) is 0 Å². The summed E-state index contributed by atoms with van der Waals surface area (Å²) in [7, 11) is 0.766. The van der Waals surface area contributed by atoms with Crippen LogP contribution >= 0.6 is 0 Å². The number of rotatable bonds is 8. The summed E-state index contributed by atoms with van der Waals surface area (Å²) >= 11 is 0. The van der Waals surface area contributed by atoms with Crippen LogP contribution in [0, 0.1) is 0 Å². The highest BCUT2D eigenvalue weighted by Gasteiger charge is 2.05. The summed E-state index contributed by atoms with van der Waals surface area (Å²) in [6, 6.07) is 7.51. The first-order chi connectivity index (χ1) is 9.81. The third kappa shape index (κ3) is 7.24. The molecule has 0 radical (unpaired) electrons. The summed E-state index contributed by atoms with van der Waals surface area (Å²) in [6.45, 7) is 1.64. The van der Waals surface area contributed by atoms with E-state index in [1.54, 1.807) is 7.05 Å². The third-order valence-electron chi connectivity index (χ3n) is 3.20. The topological polar surface area (TPSA) is 66.5 Å². The number of nitrogens with zero attached hydrogens (tertiary/aromatic N) is 1. The highest BCUT2D eigenvalue weighted by atomic mass is 32.2. The maximum Gasteiger partial charge on any atom is 0.251 e. The number of hydrogen-bond acceptors (Lipinski definition) is 4. The average Bonchev–Trinajstić information content (AvgIpc) is 2.42. The molecule has 0 atom stereocenters. The molecular weight excluding hydrogens is 288 g/mol. The van der Waals surface area contributed by atoms with Gasteiger partial charge in [-0.15, -0.1) is 0 Å². The Kier molecular flexibility index (Phi) is 6.84. The SMILES string of the molecule is CNC(=O)c1ccc(CN(C)CCCCS(C)(=O)=O)cc1. The number of amides is 1. The van der Waals surface area contributed by atoms with Crippen LogP contribution in [0.2, 0.25) is 0 Å². The highest BCUT2D eigenvalue weighted by molar-refractivity contribution is 7.90. The Morgan fingerprint density at radius 2 is 1.81 bits per heavy atom. The van der Waals surface area contributed by atoms with E-state index in [1.165, 1.54) is 6.26 Å². The molecule has 0 fully saturated rings. The zero-order valence-corrected chi connectivity index (χ0v) is 13.7. The summed E-state index contributed by atoms with van der Waals surface area (Å²) in [5.41, 5.74) is 1.78. The Bertz CT molecular complexity index is 553. The van der Waals surface area contributed by atoms with Crippen LogP contribution in [-0.2, 0) is 16.4 Å². The van der Waals surface area contributed by atoms with Gasteiger partial charge in [0.1, 0.15) is 9.84 Å². The van der Waals surface area contributed by atoms with Crippen LogP contribution in [0.4, 0.5) is 0 Å². The molecule has 0 unspecified atom stereocenters. The number of nitrogens with one attached hydrogen (secondary N) is 1. The number of hydrogen-bond donors (Lipinski definition) is 1. The largest absolute Gasteiger partial charge is 0.355 e. The van der Waals surface area contributed by atoms with Crippen LogP contribution in [0.15, 0.2) is 24.3 Å². The van der Waals surface area contributed by atoms with Crippen molar-refractivity contribution in [1.29, 1.82) is 0 Å². The lowest BCUT2D eigenvalue weighted by Crippen LogP contribution is -2.20. The zero-order valence-electron chi connectivity index (χ0n) is 12.9. The minimum atomic E-state index is -2.85. The van der Waals surface area contributed by atoms with Gasteiger partial charge < -0.3 is 10.2 Å². The number of benzene rings is 1. The van der Waals surface area contributed by atoms with Gasteiger partial charge in [-0.3, -0.25) is 4.79 Å². The third-order valence-corrected chi connectivity index (χ3v) is 4.23. The maximum absolute atomic E-state index is 11.4. The van der Waals surface area contributed by atoms with Crippen molar-refractivity contribution in [2.24, 2.45) is 0 Å². The fraction of sp³-hybridized carbons (Fsp3) is 0.533. The van der Waals surface area contributed by atoms with Crippen molar-refractivity contribution in [3.8, 4) is 0 Å². The number of unbranched alkanes of at least 4 members (excludes halogenated alkanes) is 1. The van der Waals surface area contributed by atoms with Crippen molar-refractivity contribution in [2.75, 3.05) is 32.6 Å². The first-order valence-corrected chi connectivity index (χ1v) is 9.05. The molecule has 1 N–H and O–H groups in total. The predicted octanol–water partition coefficient (Wildman–Crippen LogP) is 1.30. The quantitative estimate of drug-likeness (QED) is 0.735. The van der Waals surface area contributed by atoms with Crippen molar-refractivity contribution in [1.82, 2.24) is 10.2 Å². The van der Waals surface area contributed by atoms with E-state index in [-0.39, 0.29) is 11.7 Å². The molecule has 6 heteroatoms. The van der Waals surface area contributed by atoms with E-state index in [0.717, 1.165) is 25.1 Å². The van der Waals surface area contributed by atoms with E-state index in [9.17, 15) is 13.2 Å². The van der Waals surface area contributed by atoms with Crippen LogP contribution in [0.1, 0.15) is 28.8 Å². The lowest BCUT2D eigenvalue weighted by molar-refractivity contribution is 0.0963. The minimum absolute atomic E-state index is 0.0873. The van der Waals surface area contributed by atoms with Crippen molar-refractivity contribution in [3.63, 3.8) is 0 Å². The first kappa shape index (κ1) is 17.7. The van der Waals surface area contributed by atoms with Crippen molar-refractivity contribution < 1.29 is 13.2 Å². The minimum Gasteiger partial charge on any atom is -0.355 e. The molecule has 118 valence electrons. The zero-order chi connectivity index (χ0) is 15.9. The van der Waals surface area contributed by atoms with Crippen LogP contribution in [0.5, 0.6) is 0 Å². The van der Waals surface area contributed by atoms with Crippen LogP contribution in [0.3, 0.4) is 0 Å². The summed E-state index contributed by atoms with van der Waals surface area (Å²) in [4.78, 5) is 13.6. The van der Waals surface area contributed by atoms with Gasteiger partial charge in [-0.1, -0.05) is 12.1 Å². The summed E-state index contributed by atoms with van der Waals surface area (Å²) in [6.07, 6.45) is 2.82. The molecule has 1 amide bonds. The molecule has 0 heterocycles. The second kappa shape index (κ2) is 8.14. The summed E-state index contributed by atoms with van der Waals surface area (Å²) in [5, 5.41) is 2.59. The van der Waals surface area contributed by atoms with Crippen molar-refractivity contribution in [2.45, 2.75) is 19.4 Å². The average molecular weight is 312 g/mol. The second-order valence-electron chi connectivity index (χ2n) is 5.35. The molecular formula is C15H24N2O3S. The molecule has 0 aliphatic carbocycles. The van der Waals surface area contributed by atoms with Crippen molar-refractivity contribution in [3.05, 3.63) is 35.4 Å². The number of carbonyl (C=O) groups excluding carboxylic acids is 1. The Morgan fingerprint density at radius 1 is 1.19 bits per heavy atom. The van der Waals surface area contributed by atoms with E-state index in [1.807, 2.05) is 31.3 Å². The van der Waals surface area contributed by atoms with Gasteiger partial charge in [0.05, 0.1) is 0 Å². The second-order valence-corrected chi connectivity index (χ2v) is 7.61. The monoisotopic (exact) mass is 312 g/mol. The summed E-state index contributed by atoms with van der Waals surface area (Å²) in [5.74, 6) is 0.164. The molecule has 1 rings (SSSR count). The fourth-order valence-electron chi connectivity index (χ4n) is 2.04. The van der Waals surface area contributed by atoms with E-state index in [0.29, 0.717) is 12.0 Å². The first-order valence-electron chi connectivity index (χ1n) is 6.99. The molecule has 0 saturated carbocycles. The van der Waals surface area contributed by atoms with Gasteiger partial charge in [-0.2, -0.15) is 0 Å². The molecule has 0 aliphatic rings. The normalized spacial score (nSPS) is 11.6. The molecule has 0 aliphatic heterocycles. The molecule has 0 aromatic heterocycles. The molecule has 21 heavy (non-hydrogen) atoms. The maximum atomic E-state index is 11.4. The van der Waals surface area contributed by atoms with Gasteiger partial charge in [-0.25, -0.2) is 8.42 Å². The molecule has 1 aromatic carbocycles. The van der Waals surface area contributed by atoms with E-state index in [2.05, 4.69) is 10.2 Å². The molecule has 0 spiro atoms. The van der Waals surface area contributed by atoms with Gasteiger partial charge in [0.25, 0.3) is 5.91 Å². The van der Waals surface area contributed by atoms with Crippen LogP contribution in [0.25, 0.3) is 0 Å². The molecule has 5 nitrogen and oxygen atoms in total. The number of carbonyl (C=O) groups is 1. The standard InChI is InChI=1S/C15H24N2O3S/c1-16-15(18)14-8-6-13(7-9-14)12-17(2)10-4-5-11-21(3,19)20/h6-9H,4-5,10-12H2,1-3H3,(H,16,18). The van der Waals surface area contributed by atoms with E-state index >= 15 is 0 Å². The Labute approximate surface area is 127 Å². The van der Waals surface area contributed by atoms with Gasteiger partial charge in [-0.05, 0) is 44.1 Å². The lowest BCUT2D eigenvalue weighted by Gasteiger charge is -2.16. The van der Waals surface area contributed by atoms with Gasteiger partial charge in [0, 0.05) is 31.2 Å². The molecule has 1 aromatic rings. The smallest absolute Gasteiger partial charge is 0.251 e. The molecule has 0 saturated heterocycles. The van der Waals surface area contributed by atoms with Crippen LogP contribution < -0.4 is 5.32 Å². The van der Waals surface area contributed by atoms with E-state index in [4.69, 9.17) is 0 Å². The van der Waals surface area contributed by atoms with Crippen molar-refractivity contribution >= 4 is 15.7 Å². The fourth-order valence-corrected chi connectivity index (χ4v) is 2.77. The van der Waals surface area contributed by atoms with E-state index < -0.39 is 9.84 Å². The van der Waals surface area contributed by atoms with Gasteiger partial charge in [0.2, 0.25) is 0 Å².